The number of Topliss-reactive ketones (excluding diaryl/α,β-unsaturated/α-hetero) is 1. The second-order valence-electron chi connectivity index (χ2n) is 4.87. The monoisotopic (exact) mass is 253 g/mol. The van der Waals surface area contributed by atoms with Gasteiger partial charge in [-0.1, -0.05) is 19.1 Å². The Morgan fingerprint density at radius 2 is 2.22 bits per heavy atom. The Kier molecular flexibility index (Phi) is 3.76. The summed E-state index contributed by atoms with van der Waals surface area (Å²) in [7, 11) is 0. The van der Waals surface area contributed by atoms with E-state index in [0.717, 1.165) is 25.5 Å². The number of halogens is 2. The molecule has 1 N–H and O–H groups in total. The highest BCUT2D eigenvalue weighted by atomic mass is 19.2. The van der Waals surface area contributed by atoms with Crippen molar-refractivity contribution in [2.75, 3.05) is 13.1 Å². The van der Waals surface area contributed by atoms with Crippen LogP contribution in [0.25, 0.3) is 0 Å². The molecule has 0 bridgehead atoms. The molecule has 1 aliphatic rings. The minimum Gasteiger partial charge on any atom is -0.316 e. The summed E-state index contributed by atoms with van der Waals surface area (Å²) in [6.45, 7) is 3.41. The lowest BCUT2D eigenvalue weighted by Gasteiger charge is -2.24. The second-order valence-corrected chi connectivity index (χ2v) is 4.87. The lowest BCUT2D eigenvalue weighted by molar-refractivity contribution is -0.127. The number of carbonyl (C=O) groups is 1. The Hall–Kier alpha value is -1.29. The van der Waals surface area contributed by atoms with Gasteiger partial charge in [-0.2, -0.15) is 0 Å². The molecule has 0 aromatic heterocycles. The minimum atomic E-state index is -0.900. The fraction of sp³-hybridized carbons (Fsp3) is 0.500. The first-order chi connectivity index (χ1) is 8.59. The lowest BCUT2D eigenvalue weighted by atomic mass is 9.78. The summed E-state index contributed by atoms with van der Waals surface area (Å²) in [6.07, 6.45) is 1.48. The van der Waals surface area contributed by atoms with Crippen LogP contribution in [0, 0.1) is 17.0 Å². The number of hydrogen-bond acceptors (Lipinski definition) is 2. The standard InChI is InChI=1S/C14H17F2NO/c1-2-14(6-7-17-9-14)12(18)8-10-4-3-5-11(15)13(10)16/h3-5,17H,2,6-9H2,1H3. The van der Waals surface area contributed by atoms with Crippen LogP contribution in [-0.4, -0.2) is 18.9 Å². The second kappa shape index (κ2) is 5.14. The van der Waals surface area contributed by atoms with E-state index in [1.54, 1.807) is 0 Å². The molecule has 18 heavy (non-hydrogen) atoms. The summed E-state index contributed by atoms with van der Waals surface area (Å²) in [6, 6.07) is 3.98. The van der Waals surface area contributed by atoms with Crippen LogP contribution in [0.2, 0.25) is 0 Å². The Morgan fingerprint density at radius 3 is 2.83 bits per heavy atom. The van der Waals surface area contributed by atoms with Crippen LogP contribution in [0.4, 0.5) is 8.78 Å². The molecule has 2 nitrogen and oxygen atoms in total. The molecule has 0 amide bonds. The Morgan fingerprint density at radius 1 is 1.44 bits per heavy atom. The van der Waals surface area contributed by atoms with Gasteiger partial charge in [-0.3, -0.25) is 4.79 Å². The van der Waals surface area contributed by atoms with Crippen molar-refractivity contribution in [2.45, 2.75) is 26.2 Å². The molecule has 1 unspecified atom stereocenters. The Labute approximate surface area is 105 Å². The SMILES string of the molecule is CCC1(C(=O)Cc2cccc(F)c2F)CCNC1. The molecule has 1 saturated heterocycles. The average Bonchev–Trinajstić information content (AvgIpc) is 2.85. The van der Waals surface area contributed by atoms with E-state index in [-0.39, 0.29) is 17.8 Å². The van der Waals surface area contributed by atoms with Gasteiger partial charge in [-0.15, -0.1) is 0 Å². The first-order valence-corrected chi connectivity index (χ1v) is 6.26. The smallest absolute Gasteiger partial charge is 0.162 e. The van der Waals surface area contributed by atoms with Crippen molar-refractivity contribution in [2.24, 2.45) is 5.41 Å². The van der Waals surface area contributed by atoms with E-state index in [1.165, 1.54) is 12.1 Å². The highest BCUT2D eigenvalue weighted by Gasteiger charge is 2.39. The van der Waals surface area contributed by atoms with E-state index >= 15 is 0 Å². The van der Waals surface area contributed by atoms with Crippen LogP contribution in [0.1, 0.15) is 25.3 Å². The maximum atomic E-state index is 13.5. The van der Waals surface area contributed by atoms with E-state index in [0.29, 0.717) is 6.54 Å². The van der Waals surface area contributed by atoms with Crippen LogP contribution in [0.3, 0.4) is 0 Å². The van der Waals surface area contributed by atoms with E-state index in [2.05, 4.69) is 5.32 Å². The first-order valence-electron chi connectivity index (χ1n) is 6.26. The predicted octanol–water partition coefficient (Wildman–Crippen LogP) is 2.47. The number of benzene rings is 1. The molecule has 98 valence electrons. The van der Waals surface area contributed by atoms with Gasteiger partial charge in [-0.05, 0) is 31.0 Å². The largest absolute Gasteiger partial charge is 0.316 e. The molecule has 1 aromatic rings. The van der Waals surface area contributed by atoms with E-state index < -0.39 is 17.0 Å². The molecule has 0 saturated carbocycles. The molecule has 1 heterocycles. The number of hydrogen-bond donors (Lipinski definition) is 1. The van der Waals surface area contributed by atoms with Gasteiger partial charge < -0.3 is 5.32 Å². The van der Waals surface area contributed by atoms with Crippen molar-refractivity contribution in [3.63, 3.8) is 0 Å². The zero-order valence-electron chi connectivity index (χ0n) is 10.4. The van der Waals surface area contributed by atoms with Crippen molar-refractivity contribution in [3.8, 4) is 0 Å². The third kappa shape index (κ3) is 2.29. The van der Waals surface area contributed by atoms with Gasteiger partial charge in [-0.25, -0.2) is 8.78 Å². The summed E-state index contributed by atoms with van der Waals surface area (Å²) in [5, 5.41) is 3.17. The van der Waals surface area contributed by atoms with Gasteiger partial charge in [0.15, 0.2) is 11.6 Å². The Bertz CT molecular complexity index is 453. The molecule has 1 aliphatic heterocycles. The lowest BCUT2D eigenvalue weighted by Crippen LogP contribution is -2.34. The van der Waals surface area contributed by atoms with Gasteiger partial charge in [0.1, 0.15) is 5.78 Å². The normalized spacial score (nSPS) is 23.3. The minimum absolute atomic E-state index is 0.000463. The van der Waals surface area contributed by atoms with Crippen LogP contribution < -0.4 is 5.32 Å². The maximum Gasteiger partial charge on any atom is 0.162 e. The number of carbonyl (C=O) groups excluding carboxylic acids is 1. The first kappa shape index (κ1) is 13.1. The average molecular weight is 253 g/mol. The van der Waals surface area contributed by atoms with Crippen LogP contribution in [-0.2, 0) is 11.2 Å². The van der Waals surface area contributed by atoms with E-state index in [4.69, 9.17) is 0 Å². The topological polar surface area (TPSA) is 29.1 Å². The molecule has 1 atom stereocenters. The number of rotatable bonds is 4. The van der Waals surface area contributed by atoms with Crippen molar-refractivity contribution in [1.82, 2.24) is 5.32 Å². The zero-order valence-corrected chi connectivity index (χ0v) is 10.4. The summed E-state index contributed by atoms with van der Waals surface area (Å²) in [5.74, 6) is -1.79. The van der Waals surface area contributed by atoms with Crippen LogP contribution in [0.15, 0.2) is 18.2 Å². The summed E-state index contributed by atoms with van der Waals surface area (Å²) < 4.78 is 26.6. The molecule has 4 heteroatoms. The molecular weight excluding hydrogens is 236 g/mol. The molecule has 1 aromatic carbocycles. The van der Waals surface area contributed by atoms with Crippen LogP contribution >= 0.6 is 0 Å². The molecular formula is C14H17F2NO. The van der Waals surface area contributed by atoms with Crippen molar-refractivity contribution >= 4 is 5.78 Å². The molecule has 1 fully saturated rings. The molecule has 0 spiro atoms. The number of ketones is 1. The van der Waals surface area contributed by atoms with E-state index in [9.17, 15) is 13.6 Å². The maximum absolute atomic E-state index is 13.5. The molecule has 0 aliphatic carbocycles. The molecule has 0 radical (unpaired) electrons. The van der Waals surface area contributed by atoms with Gasteiger partial charge in [0.25, 0.3) is 0 Å². The summed E-state index contributed by atoms with van der Waals surface area (Å²) in [4.78, 5) is 12.3. The van der Waals surface area contributed by atoms with Gasteiger partial charge >= 0.3 is 0 Å². The fourth-order valence-electron chi connectivity index (χ4n) is 2.53. The molecule has 2 rings (SSSR count). The third-order valence-corrected chi connectivity index (χ3v) is 3.89. The van der Waals surface area contributed by atoms with Gasteiger partial charge in [0.05, 0.1) is 0 Å². The third-order valence-electron chi connectivity index (χ3n) is 3.89. The Balaban J connectivity index is 2.18. The highest BCUT2D eigenvalue weighted by molar-refractivity contribution is 5.87. The quantitative estimate of drug-likeness (QED) is 0.893. The summed E-state index contributed by atoms with van der Waals surface area (Å²) in [5.41, 5.74) is -0.251. The van der Waals surface area contributed by atoms with Crippen molar-refractivity contribution < 1.29 is 13.6 Å². The van der Waals surface area contributed by atoms with Crippen molar-refractivity contribution in [3.05, 3.63) is 35.4 Å². The van der Waals surface area contributed by atoms with Gasteiger partial charge in [0, 0.05) is 18.4 Å². The van der Waals surface area contributed by atoms with Crippen LogP contribution in [0.5, 0.6) is 0 Å². The highest BCUT2D eigenvalue weighted by Crippen LogP contribution is 2.32. The predicted molar refractivity (Wildman–Crippen MR) is 65.3 cm³/mol. The fourth-order valence-corrected chi connectivity index (χ4v) is 2.53. The summed E-state index contributed by atoms with van der Waals surface area (Å²) >= 11 is 0. The van der Waals surface area contributed by atoms with Crippen molar-refractivity contribution in [1.29, 1.82) is 0 Å². The number of nitrogens with one attached hydrogen (secondary N) is 1. The van der Waals surface area contributed by atoms with Gasteiger partial charge in [0.2, 0.25) is 0 Å². The van der Waals surface area contributed by atoms with E-state index in [1.807, 2.05) is 6.92 Å². The zero-order chi connectivity index (χ0) is 13.2.